The summed E-state index contributed by atoms with van der Waals surface area (Å²) in [4.78, 5) is 0. The normalized spacial score (nSPS) is 23.7. The number of fused-ring (bicyclic) bond motifs is 1. The Kier molecular flexibility index (Phi) is 4.48. The van der Waals surface area contributed by atoms with Crippen LogP contribution in [0.25, 0.3) is 0 Å². The minimum absolute atomic E-state index is 0.625. The molecule has 0 amide bonds. The van der Waals surface area contributed by atoms with Crippen LogP contribution in [0.15, 0.2) is 16.6 Å². The Bertz CT molecular complexity index is 480. The molecule has 5 heteroatoms. The van der Waals surface area contributed by atoms with Gasteiger partial charge in [0.2, 0.25) is 0 Å². The van der Waals surface area contributed by atoms with Crippen molar-refractivity contribution >= 4 is 15.9 Å². The van der Waals surface area contributed by atoms with Crippen molar-refractivity contribution in [2.45, 2.75) is 12.3 Å². The molecule has 1 N–H and O–H groups in total. The second-order valence-corrected chi connectivity index (χ2v) is 6.18. The van der Waals surface area contributed by atoms with E-state index in [0.717, 1.165) is 41.6 Å². The smallest absolute Gasteiger partial charge is 0.175 e. The van der Waals surface area contributed by atoms with Gasteiger partial charge in [-0.15, -0.1) is 0 Å². The topological polar surface area (TPSA) is 39.7 Å². The first-order valence-corrected chi connectivity index (χ1v) is 7.87. The lowest BCUT2D eigenvalue weighted by Crippen LogP contribution is -2.21. The molecule has 20 heavy (non-hydrogen) atoms. The fourth-order valence-corrected chi connectivity index (χ4v) is 3.26. The third kappa shape index (κ3) is 3.10. The van der Waals surface area contributed by atoms with E-state index in [1.807, 2.05) is 0 Å². The van der Waals surface area contributed by atoms with Crippen molar-refractivity contribution < 1.29 is 14.2 Å². The predicted octanol–water partition coefficient (Wildman–Crippen LogP) is 2.56. The Morgan fingerprint density at radius 1 is 1.35 bits per heavy atom. The lowest BCUT2D eigenvalue weighted by atomic mass is 10.1. The molecular formula is C15H20BrNO3. The summed E-state index contributed by atoms with van der Waals surface area (Å²) < 4.78 is 17.4. The van der Waals surface area contributed by atoms with E-state index in [2.05, 4.69) is 33.4 Å². The van der Waals surface area contributed by atoms with Gasteiger partial charge in [0.1, 0.15) is 13.2 Å². The molecule has 0 bridgehead atoms. The average Bonchev–Trinajstić information content (AvgIpc) is 3.23. The maximum atomic E-state index is 5.68. The van der Waals surface area contributed by atoms with Crippen molar-refractivity contribution in [3.63, 3.8) is 0 Å². The molecule has 1 aliphatic heterocycles. The summed E-state index contributed by atoms with van der Waals surface area (Å²) in [6.45, 7) is 4.01. The van der Waals surface area contributed by atoms with Gasteiger partial charge in [-0.2, -0.15) is 0 Å². The zero-order valence-corrected chi connectivity index (χ0v) is 13.2. The minimum atomic E-state index is 0.625. The molecule has 1 heterocycles. The van der Waals surface area contributed by atoms with Gasteiger partial charge >= 0.3 is 0 Å². The average molecular weight is 342 g/mol. The van der Waals surface area contributed by atoms with Crippen LogP contribution < -0.4 is 14.8 Å². The van der Waals surface area contributed by atoms with Gasteiger partial charge in [-0.05, 0) is 58.4 Å². The largest absolute Gasteiger partial charge is 0.486 e. The molecular weight excluding hydrogens is 322 g/mol. The minimum Gasteiger partial charge on any atom is -0.486 e. The van der Waals surface area contributed by atoms with E-state index < -0.39 is 0 Å². The maximum absolute atomic E-state index is 5.68. The second kappa shape index (κ2) is 6.33. The first kappa shape index (κ1) is 14.2. The van der Waals surface area contributed by atoms with E-state index in [1.54, 1.807) is 7.11 Å². The fourth-order valence-electron chi connectivity index (χ4n) is 2.69. The molecule has 2 unspecified atom stereocenters. The third-order valence-corrected chi connectivity index (χ3v) is 4.45. The lowest BCUT2D eigenvalue weighted by molar-refractivity contribution is 0.170. The third-order valence-electron chi connectivity index (χ3n) is 3.86. The number of rotatable bonds is 6. The Balaban J connectivity index is 1.60. The number of methoxy groups -OCH3 is 1. The van der Waals surface area contributed by atoms with E-state index in [4.69, 9.17) is 14.2 Å². The zero-order valence-electron chi connectivity index (χ0n) is 11.7. The Hall–Kier alpha value is -0.780. The molecule has 4 nitrogen and oxygen atoms in total. The molecule has 0 spiro atoms. The molecule has 110 valence electrons. The molecule has 1 fully saturated rings. The summed E-state index contributed by atoms with van der Waals surface area (Å²) in [6.07, 6.45) is 1.24. The van der Waals surface area contributed by atoms with Crippen LogP contribution in [0.3, 0.4) is 0 Å². The van der Waals surface area contributed by atoms with Crippen molar-refractivity contribution in [2.75, 3.05) is 40.0 Å². The van der Waals surface area contributed by atoms with E-state index in [9.17, 15) is 0 Å². The molecule has 3 rings (SSSR count). The van der Waals surface area contributed by atoms with Crippen LogP contribution in [0.1, 0.15) is 17.9 Å². The van der Waals surface area contributed by atoms with Crippen molar-refractivity contribution in [2.24, 2.45) is 5.92 Å². The Morgan fingerprint density at radius 3 is 3.05 bits per heavy atom. The van der Waals surface area contributed by atoms with Gasteiger partial charge in [0, 0.05) is 13.7 Å². The Morgan fingerprint density at radius 2 is 2.20 bits per heavy atom. The number of hydrogen-bond acceptors (Lipinski definition) is 4. The van der Waals surface area contributed by atoms with Crippen molar-refractivity contribution in [1.29, 1.82) is 0 Å². The number of ether oxygens (including phenoxy) is 3. The van der Waals surface area contributed by atoms with Gasteiger partial charge < -0.3 is 19.5 Å². The van der Waals surface area contributed by atoms with Crippen LogP contribution in [-0.2, 0) is 4.74 Å². The highest BCUT2D eigenvalue weighted by molar-refractivity contribution is 9.10. The highest BCUT2D eigenvalue weighted by Gasteiger charge is 2.38. The predicted molar refractivity (Wildman–Crippen MR) is 80.7 cm³/mol. The van der Waals surface area contributed by atoms with E-state index in [0.29, 0.717) is 19.1 Å². The van der Waals surface area contributed by atoms with Gasteiger partial charge in [0.25, 0.3) is 0 Å². The monoisotopic (exact) mass is 341 g/mol. The zero-order chi connectivity index (χ0) is 13.9. The molecule has 0 radical (unpaired) electrons. The van der Waals surface area contributed by atoms with Crippen LogP contribution in [0.5, 0.6) is 11.5 Å². The lowest BCUT2D eigenvalue weighted by Gasteiger charge is -2.20. The highest BCUT2D eigenvalue weighted by Crippen LogP contribution is 2.50. The number of halogens is 1. The van der Waals surface area contributed by atoms with Crippen LogP contribution in [0.2, 0.25) is 0 Å². The fraction of sp³-hybridized carbons (Fsp3) is 0.600. The quantitative estimate of drug-likeness (QED) is 0.807. The summed E-state index contributed by atoms with van der Waals surface area (Å²) in [6, 6.07) is 4.31. The SMILES string of the molecule is COCCNCC1CC1c1cc(Br)c2c(c1)OCCO2. The first-order valence-electron chi connectivity index (χ1n) is 7.08. The van der Waals surface area contributed by atoms with Crippen molar-refractivity contribution in [1.82, 2.24) is 5.32 Å². The Labute approximate surface area is 127 Å². The summed E-state index contributed by atoms with van der Waals surface area (Å²) in [5.74, 6) is 3.08. The van der Waals surface area contributed by atoms with Gasteiger partial charge in [-0.3, -0.25) is 0 Å². The highest BCUT2D eigenvalue weighted by atomic mass is 79.9. The summed E-state index contributed by atoms with van der Waals surface area (Å²) in [5.41, 5.74) is 1.35. The van der Waals surface area contributed by atoms with Crippen LogP contribution in [0.4, 0.5) is 0 Å². The summed E-state index contributed by atoms with van der Waals surface area (Å²) in [7, 11) is 1.73. The molecule has 1 aromatic carbocycles. The molecule has 1 saturated carbocycles. The first-order chi connectivity index (χ1) is 9.79. The summed E-state index contributed by atoms with van der Waals surface area (Å²) in [5, 5.41) is 3.43. The molecule has 1 aliphatic carbocycles. The number of benzene rings is 1. The second-order valence-electron chi connectivity index (χ2n) is 5.33. The molecule has 2 atom stereocenters. The summed E-state index contributed by atoms with van der Waals surface area (Å²) >= 11 is 3.58. The molecule has 2 aliphatic rings. The van der Waals surface area contributed by atoms with Crippen molar-refractivity contribution in [3.05, 3.63) is 22.2 Å². The number of hydrogen-bond donors (Lipinski definition) is 1. The van der Waals surface area contributed by atoms with E-state index >= 15 is 0 Å². The van der Waals surface area contributed by atoms with Gasteiger partial charge in [-0.25, -0.2) is 0 Å². The molecule has 0 aromatic heterocycles. The van der Waals surface area contributed by atoms with Crippen LogP contribution >= 0.6 is 15.9 Å². The van der Waals surface area contributed by atoms with Crippen molar-refractivity contribution in [3.8, 4) is 11.5 Å². The van der Waals surface area contributed by atoms with Crippen LogP contribution in [-0.4, -0.2) is 40.0 Å². The van der Waals surface area contributed by atoms with E-state index in [1.165, 1.54) is 12.0 Å². The van der Waals surface area contributed by atoms with Gasteiger partial charge in [-0.1, -0.05) is 0 Å². The standard InChI is InChI=1S/C15H20BrNO3/c1-18-3-2-17-9-11-6-12(11)10-7-13(16)15-14(8-10)19-4-5-20-15/h7-8,11-12,17H,2-6,9H2,1H3. The van der Waals surface area contributed by atoms with Gasteiger partial charge in [0.05, 0.1) is 11.1 Å². The molecule has 1 aromatic rings. The maximum Gasteiger partial charge on any atom is 0.175 e. The van der Waals surface area contributed by atoms with E-state index in [-0.39, 0.29) is 0 Å². The van der Waals surface area contributed by atoms with Crippen LogP contribution in [0, 0.1) is 5.92 Å². The molecule has 0 saturated heterocycles. The number of nitrogens with one attached hydrogen (secondary N) is 1. The van der Waals surface area contributed by atoms with Gasteiger partial charge in [0.15, 0.2) is 11.5 Å².